The number of halogens is 1. The summed E-state index contributed by atoms with van der Waals surface area (Å²) in [5.74, 6) is 0.848. The summed E-state index contributed by atoms with van der Waals surface area (Å²) in [6.07, 6.45) is 1.78. The molecule has 1 aliphatic heterocycles. The maximum atomic E-state index is 12.1. The molecule has 1 unspecified atom stereocenters. The van der Waals surface area contributed by atoms with E-state index in [2.05, 4.69) is 16.9 Å². The predicted octanol–water partition coefficient (Wildman–Crippen LogP) is 1.88. The zero-order valence-electron chi connectivity index (χ0n) is 10.6. The van der Waals surface area contributed by atoms with Crippen LogP contribution in [0.2, 0.25) is 0 Å². The van der Waals surface area contributed by atoms with Crippen molar-refractivity contribution in [2.45, 2.75) is 6.04 Å². The summed E-state index contributed by atoms with van der Waals surface area (Å²) in [6.45, 7) is 5.05. The summed E-state index contributed by atoms with van der Waals surface area (Å²) in [4.78, 5) is 18.4. The molecule has 0 bridgehead atoms. The Labute approximate surface area is 117 Å². The van der Waals surface area contributed by atoms with Gasteiger partial charge in [0.05, 0.1) is 6.04 Å². The summed E-state index contributed by atoms with van der Waals surface area (Å²) in [5.41, 5.74) is 0.609. The van der Waals surface area contributed by atoms with Crippen molar-refractivity contribution in [1.29, 1.82) is 0 Å². The number of aliphatic imine (C=N–C) groups is 1. The van der Waals surface area contributed by atoms with Crippen LogP contribution in [0.3, 0.4) is 0 Å². The molecule has 1 aliphatic rings. The Morgan fingerprint density at radius 3 is 2.89 bits per heavy atom. The minimum atomic E-state index is -0.163. The van der Waals surface area contributed by atoms with Crippen molar-refractivity contribution in [3.8, 4) is 0 Å². The number of hydrogen-bond acceptors (Lipinski definition) is 3. The van der Waals surface area contributed by atoms with Gasteiger partial charge in [0, 0.05) is 24.5 Å². The van der Waals surface area contributed by atoms with Gasteiger partial charge in [-0.1, -0.05) is 24.3 Å². The van der Waals surface area contributed by atoms with Crippen molar-refractivity contribution in [2.75, 3.05) is 19.0 Å². The van der Waals surface area contributed by atoms with Gasteiger partial charge in [0.15, 0.2) is 0 Å². The molecule has 1 heterocycles. The van der Waals surface area contributed by atoms with E-state index in [0.29, 0.717) is 30.5 Å². The maximum absolute atomic E-state index is 12.1. The summed E-state index contributed by atoms with van der Waals surface area (Å²) < 4.78 is 0. The van der Waals surface area contributed by atoms with E-state index in [0.717, 1.165) is 0 Å². The van der Waals surface area contributed by atoms with Crippen molar-refractivity contribution < 1.29 is 4.79 Å². The fourth-order valence-corrected chi connectivity index (χ4v) is 2.08. The van der Waals surface area contributed by atoms with E-state index in [4.69, 9.17) is 11.6 Å². The molecule has 1 atom stereocenters. The number of rotatable bonds is 4. The number of nitrogens with one attached hydrogen (secondary N) is 1. The number of alkyl halides is 1. The third-order valence-electron chi connectivity index (χ3n) is 2.82. The third kappa shape index (κ3) is 3.35. The zero-order valence-corrected chi connectivity index (χ0v) is 11.3. The minimum absolute atomic E-state index is 0.0210. The van der Waals surface area contributed by atoms with E-state index in [-0.39, 0.29) is 11.9 Å². The molecule has 4 nitrogen and oxygen atoms in total. The smallest absolute Gasteiger partial charge is 0.257 e. The molecule has 0 aromatic heterocycles. The van der Waals surface area contributed by atoms with Crippen LogP contribution in [-0.4, -0.2) is 41.8 Å². The SMILES string of the molecule is C=CCN1CC(CCl)N=C1NC(=O)c1ccccc1. The maximum Gasteiger partial charge on any atom is 0.257 e. The second-order valence-electron chi connectivity index (χ2n) is 4.27. The van der Waals surface area contributed by atoms with E-state index in [1.807, 2.05) is 23.1 Å². The molecule has 2 rings (SSSR count). The Kier molecular flexibility index (Phi) is 4.58. The van der Waals surface area contributed by atoms with Gasteiger partial charge in [-0.3, -0.25) is 10.1 Å². The van der Waals surface area contributed by atoms with Gasteiger partial charge >= 0.3 is 0 Å². The molecule has 0 saturated carbocycles. The normalized spacial score (nSPS) is 18.1. The molecule has 1 aromatic rings. The van der Waals surface area contributed by atoms with E-state index in [9.17, 15) is 4.79 Å². The lowest BCUT2D eigenvalue weighted by Crippen LogP contribution is -2.41. The van der Waals surface area contributed by atoms with Crippen LogP contribution >= 0.6 is 11.6 Å². The molecule has 19 heavy (non-hydrogen) atoms. The number of benzene rings is 1. The number of nitrogens with zero attached hydrogens (tertiary/aromatic N) is 2. The Hall–Kier alpha value is -1.81. The number of guanidine groups is 1. The lowest BCUT2D eigenvalue weighted by molar-refractivity contribution is 0.0973. The molecule has 1 amide bonds. The fraction of sp³-hybridized carbons (Fsp3) is 0.286. The van der Waals surface area contributed by atoms with Gasteiger partial charge in [-0.2, -0.15) is 0 Å². The van der Waals surface area contributed by atoms with E-state index in [1.165, 1.54) is 0 Å². The van der Waals surface area contributed by atoms with Crippen molar-refractivity contribution >= 4 is 23.5 Å². The molecule has 5 heteroatoms. The van der Waals surface area contributed by atoms with Crippen LogP contribution in [-0.2, 0) is 0 Å². The van der Waals surface area contributed by atoms with Crippen LogP contribution < -0.4 is 5.32 Å². The minimum Gasteiger partial charge on any atom is -0.337 e. The van der Waals surface area contributed by atoms with Crippen LogP contribution in [0.1, 0.15) is 10.4 Å². The van der Waals surface area contributed by atoms with E-state index < -0.39 is 0 Å². The Morgan fingerprint density at radius 1 is 1.53 bits per heavy atom. The van der Waals surface area contributed by atoms with Crippen LogP contribution in [0, 0.1) is 0 Å². The van der Waals surface area contributed by atoms with Gasteiger partial charge in [-0.25, -0.2) is 4.99 Å². The molecule has 0 spiro atoms. The van der Waals surface area contributed by atoms with E-state index in [1.54, 1.807) is 18.2 Å². The molecule has 0 radical (unpaired) electrons. The summed E-state index contributed by atoms with van der Waals surface area (Å²) >= 11 is 5.82. The predicted molar refractivity (Wildman–Crippen MR) is 77.6 cm³/mol. The van der Waals surface area contributed by atoms with Gasteiger partial charge in [0.25, 0.3) is 5.91 Å². The first-order valence-electron chi connectivity index (χ1n) is 6.10. The monoisotopic (exact) mass is 277 g/mol. The second kappa shape index (κ2) is 6.38. The summed E-state index contributed by atoms with van der Waals surface area (Å²) in [5, 5.41) is 2.82. The highest BCUT2D eigenvalue weighted by atomic mass is 35.5. The first-order chi connectivity index (χ1) is 9.24. The van der Waals surface area contributed by atoms with Crippen molar-refractivity contribution in [3.63, 3.8) is 0 Å². The Morgan fingerprint density at radius 2 is 2.26 bits per heavy atom. The van der Waals surface area contributed by atoms with E-state index >= 15 is 0 Å². The van der Waals surface area contributed by atoms with Gasteiger partial charge in [-0.15, -0.1) is 18.2 Å². The highest BCUT2D eigenvalue weighted by Gasteiger charge is 2.25. The van der Waals surface area contributed by atoms with Crippen LogP contribution in [0.4, 0.5) is 0 Å². The molecule has 100 valence electrons. The van der Waals surface area contributed by atoms with Crippen LogP contribution in [0.15, 0.2) is 48.0 Å². The highest BCUT2D eigenvalue weighted by Crippen LogP contribution is 2.10. The number of amides is 1. The summed E-state index contributed by atoms with van der Waals surface area (Å²) in [7, 11) is 0. The lowest BCUT2D eigenvalue weighted by Gasteiger charge is -2.18. The average molecular weight is 278 g/mol. The fourth-order valence-electron chi connectivity index (χ4n) is 1.91. The van der Waals surface area contributed by atoms with Gasteiger partial charge < -0.3 is 4.90 Å². The molecular weight excluding hydrogens is 262 g/mol. The molecule has 0 saturated heterocycles. The largest absolute Gasteiger partial charge is 0.337 e. The number of hydrogen-bond donors (Lipinski definition) is 1. The van der Waals surface area contributed by atoms with Crippen molar-refractivity contribution in [2.24, 2.45) is 4.99 Å². The Bertz CT molecular complexity index is 487. The first kappa shape index (κ1) is 13.6. The average Bonchev–Trinajstić information content (AvgIpc) is 2.82. The molecule has 1 N–H and O–H groups in total. The quantitative estimate of drug-likeness (QED) is 0.675. The first-order valence-corrected chi connectivity index (χ1v) is 6.64. The zero-order chi connectivity index (χ0) is 13.7. The lowest BCUT2D eigenvalue weighted by atomic mass is 10.2. The van der Waals surface area contributed by atoms with Gasteiger partial charge in [0.1, 0.15) is 0 Å². The summed E-state index contributed by atoms with van der Waals surface area (Å²) in [6, 6.07) is 9.08. The number of carbonyl (C=O) groups is 1. The molecular formula is C14H16ClN3O. The Balaban J connectivity index is 2.08. The standard InChI is InChI=1S/C14H16ClN3O/c1-2-8-18-10-12(9-15)16-14(18)17-13(19)11-6-4-3-5-7-11/h2-7,12H,1,8-10H2,(H,16,17,19). The topological polar surface area (TPSA) is 44.7 Å². The molecule has 1 aromatic carbocycles. The molecule has 0 aliphatic carbocycles. The molecule has 0 fully saturated rings. The highest BCUT2D eigenvalue weighted by molar-refractivity contribution is 6.18. The van der Waals surface area contributed by atoms with Crippen LogP contribution in [0.5, 0.6) is 0 Å². The van der Waals surface area contributed by atoms with Gasteiger partial charge in [-0.05, 0) is 12.1 Å². The third-order valence-corrected chi connectivity index (χ3v) is 3.18. The van der Waals surface area contributed by atoms with Gasteiger partial charge in [0.2, 0.25) is 5.96 Å². The second-order valence-corrected chi connectivity index (χ2v) is 4.58. The van der Waals surface area contributed by atoms with Crippen molar-refractivity contribution in [1.82, 2.24) is 10.2 Å². The van der Waals surface area contributed by atoms with Crippen molar-refractivity contribution in [3.05, 3.63) is 48.6 Å². The number of carbonyl (C=O) groups excluding carboxylic acids is 1. The van der Waals surface area contributed by atoms with Crippen LogP contribution in [0.25, 0.3) is 0 Å².